The first-order valence-electron chi connectivity index (χ1n) is 5.78. The Morgan fingerprint density at radius 3 is 2.53 bits per heavy atom. The predicted molar refractivity (Wildman–Crippen MR) is 62.9 cm³/mol. The zero-order valence-corrected chi connectivity index (χ0v) is 12.7. The SMILES string of the molecule is CC[C@H](CN=O)CC(C)(C)CCC[I-]C. The van der Waals surface area contributed by atoms with Crippen molar-refractivity contribution >= 4 is 0 Å². The summed E-state index contributed by atoms with van der Waals surface area (Å²) in [6.45, 7) is 7.31. The molecule has 0 amide bonds. The Morgan fingerprint density at radius 1 is 1.40 bits per heavy atom. The van der Waals surface area contributed by atoms with Crippen molar-refractivity contribution in [1.82, 2.24) is 0 Å². The van der Waals surface area contributed by atoms with E-state index in [1.165, 1.54) is 17.3 Å². The third kappa shape index (κ3) is 8.17. The van der Waals surface area contributed by atoms with E-state index in [0.717, 1.165) is 12.8 Å². The van der Waals surface area contributed by atoms with Gasteiger partial charge in [-0.1, -0.05) is 0 Å². The molecule has 0 N–H and O–H groups in total. The van der Waals surface area contributed by atoms with Crippen LogP contribution in [0.4, 0.5) is 0 Å². The molecule has 0 bridgehead atoms. The number of nitroso groups, excluding NO2 is 1. The number of alkyl halides is 2. The number of nitrogens with zero attached hydrogens (tertiary/aromatic N) is 1. The summed E-state index contributed by atoms with van der Waals surface area (Å²) >= 11 is 0.452. The molecule has 0 saturated heterocycles. The molecule has 0 unspecified atom stereocenters. The molecular formula is C12H25INO-. The van der Waals surface area contributed by atoms with Gasteiger partial charge >= 0.3 is 105 Å². The van der Waals surface area contributed by atoms with Crippen LogP contribution < -0.4 is 21.2 Å². The molecule has 92 valence electrons. The molecule has 0 spiro atoms. The number of halogens is 1. The average molecular weight is 326 g/mol. The molecule has 0 aliphatic carbocycles. The molecule has 0 rings (SSSR count). The van der Waals surface area contributed by atoms with Crippen molar-refractivity contribution in [1.29, 1.82) is 0 Å². The fourth-order valence-electron chi connectivity index (χ4n) is 2.01. The van der Waals surface area contributed by atoms with E-state index in [9.17, 15) is 4.91 Å². The fraction of sp³-hybridized carbons (Fsp3) is 1.00. The summed E-state index contributed by atoms with van der Waals surface area (Å²) in [4.78, 5) is 12.6. The third-order valence-corrected chi connectivity index (χ3v) is 4.77. The maximum atomic E-state index is 10.3. The third-order valence-electron chi connectivity index (χ3n) is 2.93. The van der Waals surface area contributed by atoms with Crippen molar-refractivity contribution in [3.05, 3.63) is 4.91 Å². The second-order valence-electron chi connectivity index (χ2n) is 5.01. The Hall–Kier alpha value is 0.330. The molecule has 0 saturated carbocycles. The number of rotatable bonds is 9. The Morgan fingerprint density at radius 2 is 2.07 bits per heavy atom. The monoisotopic (exact) mass is 326 g/mol. The predicted octanol–water partition coefficient (Wildman–Crippen LogP) is 0.694. The van der Waals surface area contributed by atoms with Crippen LogP contribution >= 0.6 is 0 Å². The van der Waals surface area contributed by atoms with Crippen LogP contribution in [0.15, 0.2) is 5.18 Å². The molecule has 0 aliphatic rings. The van der Waals surface area contributed by atoms with Gasteiger partial charge in [-0.25, -0.2) is 0 Å². The van der Waals surface area contributed by atoms with Crippen LogP contribution in [0.3, 0.4) is 0 Å². The second kappa shape index (κ2) is 8.48. The van der Waals surface area contributed by atoms with E-state index in [0.29, 0.717) is 39.1 Å². The van der Waals surface area contributed by atoms with Gasteiger partial charge in [0.2, 0.25) is 0 Å². The topological polar surface area (TPSA) is 29.4 Å². The van der Waals surface area contributed by atoms with Crippen molar-refractivity contribution in [2.24, 2.45) is 16.5 Å². The van der Waals surface area contributed by atoms with E-state index >= 15 is 0 Å². The van der Waals surface area contributed by atoms with Gasteiger partial charge in [0.05, 0.1) is 0 Å². The first kappa shape index (κ1) is 15.3. The first-order chi connectivity index (χ1) is 7.05. The first-order valence-corrected chi connectivity index (χ1v) is 9.47. The summed E-state index contributed by atoms with van der Waals surface area (Å²) in [5, 5.41) is 3.04. The minimum atomic E-state index is 0.393. The van der Waals surface area contributed by atoms with E-state index in [2.05, 4.69) is 30.9 Å². The standard InChI is InChI=1S/C12H25INO/c1-5-11(10-14-15)9-12(2,3)7-6-8-13-4/h11H,5-10H2,1-4H3/q-1/t11-/m0/s1. The van der Waals surface area contributed by atoms with Gasteiger partial charge in [0.15, 0.2) is 0 Å². The molecule has 0 fully saturated rings. The molecule has 0 aromatic heterocycles. The molecule has 0 aromatic carbocycles. The summed E-state index contributed by atoms with van der Waals surface area (Å²) in [6.07, 6.45) is 4.89. The van der Waals surface area contributed by atoms with Gasteiger partial charge < -0.3 is 0 Å². The van der Waals surface area contributed by atoms with E-state index in [4.69, 9.17) is 0 Å². The van der Waals surface area contributed by atoms with Gasteiger partial charge in [0.25, 0.3) is 0 Å². The molecule has 3 heteroatoms. The number of hydrogen-bond acceptors (Lipinski definition) is 2. The fourth-order valence-corrected chi connectivity index (χ4v) is 3.15. The summed E-state index contributed by atoms with van der Waals surface area (Å²) in [5.74, 6) is 0.494. The molecule has 0 radical (unpaired) electrons. The molecule has 0 aromatic rings. The van der Waals surface area contributed by atoms with Crippen LogP contribution in [0.25, 0.3) is 0 Å². The molecule has 0 heterocycles. The quantitative estimate of drug-likeness (QED) is 0.265. The van der Waals surface area contributed by atoms with Crippen molar-refractivity contribution in [2.75, 3.05) is 15.9 Å². The Kier molecular flexibility index (Phi) is 8.66. The van der Waals surface area contributed by atoms with E-state index < -0.39 is 0 Å². The maximum absolute atomic E-state index is 10.3. The molecule has 15 heavy (non-hydrogen) atoms. The van der Waals surface area contributed by atoms with E-state index in [1.54, 1.807) is 0 Å². The zero-order valence-electron chi connectivity index (χ0n) is 10.6. The second-order valence-corrected chi connectivity index (χ2v) is 7.62. The molecular weight excluding hydrogens is 301 g/mol. The van der Waals surface area contributed by atoms with Gasteiger partial charge in [0.1, 0.15) is 0 Å². The van der Waals surface area contributed by atoms with Gasteiger partial charge in [-0.3, -0.25) is 0 Å². The number of hydrogen-bond donors (Lipinski definition) is 0. The van der Waals surface area contributed by atoms with Crippen LogP contribution in [0, 0.1) is 16.2 Å². The van der Waals surface area contributed by atoms with Crippen LogP contribution in [0.2, 0.25) is 0 Å². The Labute approximate surface area is 105 Å². The summed E-state index contributed by atoms with van der Waals surface area (Å²) in [7, 11) is 0. The minimum absolute atomic E-state index is 0.393. The van der Waals surface area contributed by atoms with Gasteiger partial charge in [-0.2, -0.15) is 0 Å². The molecule has 2 nitrogen and oxygen atoms in total. The van der Waals surface area contributed by atoms with Crippen molar-refractivity contribution in [2.45, 2.75) is 46.5 Å². The van der Waals surface area contributed by atoms with Crippen molar-refractivity contribution < 1.29 is 21.2 Å². The summed E-state index contributed by atoms with van der Waals surface area (Å²) in [5.41, 5.74) is 0.393. The molecule has 0 aliphatic heterocycles. The van der Waals surface area contributed by atoms with E-state index in [-0.39, 0.29) is 0 Å². The van der Waals surface area contributed by atoms with Crippen LogP contribution in [0.5, 0.6) is 0 Å². The van der Waals surface area contributed by atoms with E-state index in [1.807, 2.05) is 0 Å². The van der Waals surface area contributed by atoms with Gasteiger partial charge in [-0.15, -0.1) is 0 Å². The van der Waals surface area contributed by atoms with Gasteiger partial charge in [-0.05, 0) is 0 Å². The van der Waals surface area contributed by atoms with Crippen molar-refractivity contribution in [3.63, 3.8) is 0 Å². The van der Waals surface area contributed by atoms with Crippen LogP contribution in [-0.4, -0.2) is 15.9 Å². The normalized spacial score (nSPS) is 14.1. The Bertz CT molecular complexity index is 171. The Balaban J connectivity index is 3.91. The van der Waals surface area contributed by atoms with Gasteiger partial charge in [0, 0.05) is 0 Å². The van der Waals surface area contributed by atoms with Crippen molar-refractivity contribution in [3.8, 4) is 0 Å². The van der Waals surface area contributed by atoms with Crippen LogP contribution in [0.1, 0.15) is 46.5 Å². The molecule has 1 atom stereocenters. The average Bonchev–Trinajstić information content (AvgIpc) is 2.17. The van der Waals surface area contributed by atoms with Crippen LogP contribution in [-0.2, 0) is 0 Å². The summed E-state index contributed by atoms with van der Waals surface area (Å²) < 4.78 is 1.44. The summed E-state index contributed by atoms with van der Waals surface area (Å²) in [6, 6.07) is 0. The zero-order chi connectivity index (χ0) is 11.7.